The first kappa shape index (κ1) is 33.0. The van der Waals surface area contributed by atoms with Crippen molar-refractivity contribution in [3.8, 4) is 16.9 Å². The number of esters is 1. The molecule has 0 radical (unpaired) electrons. The van der Waals surface area contributed by atoms with Gasteiger partial charge in [0.25, 0.3) is 0 Å². The fourth-order valence-electron chi connectivity index (χ4n) is 4.52. The third-order valence-electron chi connectivity index (χ3n) is 6.70. The highest BCUT2D eigenvalue weighted by atomic mass is 32.2. The van der Waals surface area contributed by atoms with Gasteiger partial charge < -0.3 is 18.6 Å². The normalized spacial score (nSPS) is 12.3. The van der Waals surface area contributed by atoms with Gasteiger partial charge >= 0.3 is 5.97 Å². The Morgan fingerprint density at radius 2 is 1.84 bits per heavy atom. The Bertz CT molecular complexity index is 1690. The van der Waals surface area contributed by atoms with E-state index in [1.807, 2.05) is 32.9 Å². The van der Waals surface area contributed by atoms with Crippen LogP contribution in [0.25, 0.3) is 22.1 Å². The largest absolute Gasteiger partial charge is 0.489 e. The van der Waals surface area contributed by atoms with Crippen LogP contribution < -0.4 is 9.46 Å². The third-order valence-corrected chi connectivity index (χ3v) is 8.22. The smallest absolute Gasteiger partial charge is 0.310 e. The lowest BCUT2D eigenvalue weighted by atomic mass is 10.00. The predicted octanol–water partition coefficient (Wildman–Crippen LogP) is 6.22. The van der Waals surface area contributed by atoms with E-state index in [-0.39, 0.29) is 49.8 Å². The second-order valence-corrected chi connectivity index (χ2v) is 13.2. The molecule has 0 aliphatic rings. The number of benzene rings is 2. The van der Waals surface area contributed by atoms with Crippen LogP contribution in [-0.2, 0) is 51.4 Å². The van der Waals surface area contributed by atoms with Gasteiger partial charge in [-0.25, -0.2) is 13.3 Å². The molecule has 2 aromatic carbocycles. The Hall–Kier alpha value is -3.93. The second kappa shape index (κ2) is 14.2. The van der Waals surface area contributed by atoms with Crippen LogP contribution in [0.15, 0.2) is 53.1 Å². The van der Waals surface area contributed by atoms with Crippen LogP contribution in [0.5, 0.6) is 5.75 Å². The van der Waals surface area contributed by atoms with Crippen LogP contribution in [0.4, 0.5) is 4.39 Å². The van der Waals surface area contributed by atoms with Crippen molar-refractivity contribution in [3.63, 3.8) is 0 Å². The van der Waals surface area contributed by atoms with Crippen molar-refractivity contribution < 1.29 is 36.8 Å². The van der Waals surface area contributed by atoms with Crippen LogP contribution >= 0.6 is 0 Å². The van der Waals surface area contributed by atoms with E-state index in [0.29, 0.717) is 44.7 Å². The van der Waals surface area contributed by atoms with Gasteiger partial charge in [-0.1, -0.05) is 12.1 Å². The number of rotatable bonds is 13. The molecule has 0 saturated heterocycles. The van der Waals surface area contributed by atoms with E-state index < -0.39 is 27.5 Å². The summed E-state index contributed by atoms with van der Waals surface area (Å²) in [6, 6.07) is 12.0. The average Bonchev–Trinajstić information content (AvgIpc) is 3.37. The molecule has 0 amide bonds. The van der Waals surface area contributed by atoms with Crippen molar-refractivity contribution in [2.45, 2.75) is 65.5 Å². The molecule has 4 aromatic rings. The minimum atomic E-state index is -1.41. The van der Waals surface area contributed by atoms with Gasteiger partial charge in [-0.05, 0) is 70.5 Å². The van der Waals surface area contributed by atoms with Crippen LogP contribution in [0, 0.1) is 5.82 Å². The lowest BCUT2D eigenvalue weighted by Crippen LogP contribution is -2.33. The van der Waals surface area contributed by atoms with Gasteiger partial charge in [-0.2, -0.15) is 0 Å². The number of halogens is 1. The zero-order valence-electron chi connectivity index (χ0n) is 25.7. The number of nitrogens with one attached hydrogen (secondary N) is 1. The molecule has 0 bridgehead atoms. The first-order valence-electron chi connectivity index (χ1n) is 14.2. The van der Waals surface area contributed by atoms with E-state index >= 15 is 4.39 Å². The Balaban J connectivity index is 1.72. The summed E-state index contributed by atoms with van der Waals surface area (Å²) >= 11 is 0. The van der Waals surface area contributed by atoms with Crippen LogP contribution in [0.2, 0.25) is 0 Å². The van der Waals surface area contributed by atoms with Gasteiger partial charge in [-0.15, -0.1) is 0 Å². The molecule has 1 N–H and O–H groups in total. The summed E-state index contributed by atoms with van der Waals surface area (Å²) in [5.41, 5.74) is 3.02. The highest BCUT2D eigenvalue weighted by Gasteiger charge is 2.22. The van der Waals surface area contributed by atoms with Gasteiger partial charge in [0.15, 0.2) is 11.6 Å². The van der Waals surface area contributed by atoms with E-state index in [4.69, 9.17) is 18.6 Å². The molecule has 11 heteroatoms. The predicted molar refractivity (Wildman–Crippen MR) is 166 cm³/mol. The number of carbonyl (C=O) groups is 2. The van der Waals surface area contributed by atoms with Crippen LogP contribution in [-0.4, -0.2) is 39.4 Å². The Morgan fingerprint density at radius 1 is 1.07 bits per heavy atom. The van der Waals surface area contributed by atoms with Gasteiger partial charge in [0, 0.05) is 40.9 Å². The fourth-order valence-corrected chi connectivity index (χ4v) is 5.22. The van der Waals surface area contributed by atoms with Crippen LogP contribution in [0.1, 0.15) is 67.6 Å². The molecule has 2 heterocycles. The maximum Gasteiger partial charge on any atom is 0.310 e. The number of furan rings is 1. The lowest BCUT2D eigenvalue weighted by molar-refractivity contribution is -0.142. The van der Waals surface area contributed by atoms with Crippen molar-refractivity contribution in [1.82, 2.24) is 9.71 Å². The highest BCUT2D eigenvalue weighted by molar-refractivity contribution is 7.84. The number of ketones is 1. The molecule has 4 rings (SSSR count). The minimum Gasteiger partial charge on any atom is -0.489 e. The molecule has 0 saturated carbocycles. The summed E-state index contributed by atoms with van der Waals surface area (Å²) in [5.74, 6) is -0.193. The third kappa shape index (κ3) is 7.96. The summed E-state index contributed by atoms with van der Waals surface area (Å²) < 4.78 is 53.4. The van der Waals surface area contributed by atoms with E-state index in [1.54, 1.807) is 44.4 Å². The van der Waals surface area contributed by atoms with Crippen molar-refractivity contribution in [2.75, 3.05) is 13.7 Å². The summed E-state index contributed by atoms with van der Waals surface area (Å²) in [6.07, 6.45) is 1.48. The molecule has 44 heavy (non-hydrogen) atoms. The molecule has 2 aromatic heterocycles. The highest BCUT2D eigenvalue weighted by Crippen LogP contribution is 2.35. The molecule has 0 aliphatic carbocycles. The molecule has 0 aliphatic heterocycles. The number of ether oxygens (including phenoxy) is 3. The number of hydrogen-bond acceptors (Lipinski definition) is 8. The zero-order chi connectivity index (χ0) is 32.0. The Morgan fingerprint density at radius 3 is 2.52 bits per heavy atom. The average molecular weight is 625 g/mol. The van der Waals surface area contributed by atoms with Gasteiger partial charge in [0.1, 0.15) is 30.3 Å². The number of pyridine rings is 1. The number of hydrogen-bond donors (Lipinski definition) is 1. The van der Waals surface area contributed by atoms with Gasteiger partial charge in [0.2, 0.25) is 0 Å². The molecule has 0 spiro atoms. The number of carbonyl (C=O) groups excluding carboxylic acids is 2. The van der Waals surface area contributed by atoms with E-state index in [0.717, 1.165) is 0 Å². The second-order valence-electron chi connectivity index (χ2n) is 11.2. The Kier molecular flexibility index (Phi) is 10.7. The monoisotopic (exact) mass is 624 g/mol. The SMILES string of the molecule is CCOC(=O)Cc1ccc(C(C)=O)cc1OCc1cc(-c2ccnc(CNS(=O)C(C)(C)C)c2F)c2oc(COC)cc2c1. The maximum absolute atomic E-state index is 16.0. The minimum absolute atomic E-state index is 0.0210. The first-order valence-corrected chi connectivity index (χ1v) is 15.3. The molecular formula is C33H37FN2O7S. The molecule has 1 unspecified atom stereocenters. The molecular weight excluding hydrogens is 587 g/mol. The van der Waals surface area contributed by atoms with Crippen molar-refractivity contribution in [2.24, 2.45) is 0 Å². The van der Waals surface area contributed by atoms with Crippen molar-refractivity contribution in [3.05, 3.63) is 82.6 Å². The summed E-state index contributed by atoms with van der Waals surface area (Å²) in [7, 11) is 0.144. The number of aromatic nitrogens is 1. The fraction of sp³-hybridized carbons (Fsp3) is 0.364. The van der Waals surface area contributed by atoms with Gasteiger partial charge in [-0.3, -0.25) is 14.6 Å². The van der Waals surface area contributed by atoms with Crippen molar-refractivity contribution in [1.29, 1.82) is 0 Å². The number of fused-ring (bicyclic) bond motifs is 1. The Labute approximate surface area is 258 Å². The summed E-state index contributed by atoms with van der Waals surface area (Å²) in [4.78, 5) is 28.5. The van der Waals surface area contributed by atoms with E-state index in [1.165, 1.54) is 13.1 Å². The van der Waals surface area contributed by atoms with E-state index in [2.05, 4.69) is 9.71 Å². The topological polar surface area (TPSA) is 117 Å². The maximum atomic E-state index is 16.0. The standard InChI is InChI=1S/C33H37FN2O7S/c1-7-41-30(38)16-23-9-8-22(20(2)37)15-29(23)42-18-21-12-24-14-25(19-40-6)43-32(24)27(13-21)26-10-11-35-28(31(26)34)17-36-44(39)33(3,4)5/h8-15,36H,7,16-19H2,1-6H3. The summed E-state index contributed by atoms with van der Waals surface area (Å²) in [5, 5.41) is 0.710. The molecule has 1 atom stereocenters. The summed E-state index contributed by atoms with van der Waals surface area (Å²) in [6.45, 7) is 9.15. The molecule has 0 fully saturated rings. The molecule has 234 valence electrons. The number of nitrogens with zero attached hydrogens (tertiary/aromatic N) is 1. The number of methoxy groups -OCH3 is 1. The first-order chi connectivity index (χ1) is 20.9. The van der Waals surface area contributed by atoms with Crippen LogP contribution in [0.3, 0.4) is 0 Å². The quantitative estimate of drug-likeness (QED) is 0.138. The lowest BCUT2D eigenvalue weighted by Gasteiger charge is -2.18. The zero-order valence-corrected chi connectivity index (χ0v) is 26.6. The van der Waals surface area contributed by atoms with Gasteiger partial charge in [0.05, 0.1) is 41.0 Å². The molecule has 9 nitrogen and oxygen atoms in total. The van der Waals surface area contributed by atoms with Crippen molar-refractivity contribution >= 4 is 33.7 Å². The van der Waals surface area contributed by atoms with E-state index in [9.17, 15) is 13.8 Å². The number of Topliss-reactive ketones (excluding diaryl/α,β-unsaturated/α-hetero) is 1.